The van der Waals surface area contributed by atoms with Crippen molar-refractivity contribution in [3.8, 4) is 11.5 Å². The Morgan fingerprint density at radius 2 is 1.67 bits per heavy atom. The van der Waals surface area contributed by atoms with Crippen molar-refractivity contribution in [3.63, 3.8) is 0 Å². The molecule has 1 fully saturated rings. The van der Waals surface area contributed by atoms with Crippen LogP contribution in [0, 0.1) is 0 Å². The zero-order valence-corrected chi connectivity index (χ0v) is 35.2. The average Bonchev–Trinajstić information content (AvgIpc) is 3.65. The number of nitrogens with one attached hydrogen (secondary N) is 3. The molecule has 2 aromatic rings. The van der Waals surface area contributed by atoms with Crippen LogP contribution in [0.4, 0.5) is 15.3 Å². The molecule has 0 unspecified atom stereocenters. The predicted molar refractivity (Wildman–Crippen MR) is 220 cm³/mol. The summed E-state index contributed by atoms with van der Waals surface area (Å²) in [6.07, 6.45) is 7.00. The van der Waals surface area contributed by atoms with E-state index < -0.39 is 29.4 Å². The van der Waals surface area contributed by atoms with Crippen LogP contribution in [0.5, 0.6) is 11.5 Å². The van der Waals surface area contributed by atoms with Gasteiger partial charge in [0.05, 0.1) is 25.3 Å². The number of rotatable bonds is 16. The Morgan fingerprint density at radius 1 is 0.914 bits per heavy atom. The molecule has 3 amide bonds. The van der Waals surface area contributed by atoms with Crippen LogP contribution in [-0.2, 0) is 36.6 Å². The number of ether oxygens (including phenoxy) is 5. The molecular formula is C43H62N6O9. The molecule has 318 valence electrons. The van der Waals surface area contributed by atoms with Crippen molar-refractivity contribution in [2.45, 2.75) is 117 Å². The molecular weight excluding hydrogens is 745 g/mol. The second-order valence-electron chi connectivity index (χ2n) is 16.8. The Kier molecular flexibility index (Phi) is 15.3. The minimum Gasteiger partial charge on any atom is -0.481 e. The number of fused-ring (bicyclic) bond motifs is 1. The van der Waals surface area contributed by atoms with Gasteiger partial charge in [0.2, 0.25) is 5.91 Å². The van der Waals surface area contributed by atoms with Gasteiger partial charge < -0.3 is 44.2 Å². The van der Waals surface area contributed by atoms with E-state index in [1.165, 1.54) is 0 Å². The molecule has 0 atom stereocenters. The van der Waals surface area contributed by atoms with Gasteiger partial charge in [0.15, 0.2) is 18.1 Å². The first-order valence-corrected chi connectivity index (χ1v) is 20.5. The van der Waals surface area contributed by atoms with E-state index in [1.54, 1.807) is 37.8 Å². The van der Waals surface area contributed by atoms with Crippen molar-refractivity contribution >= 4 is 35.4 Å². The van der Waals surface area contributed by atoms with Gasteiger partial charge in [-0.15, -0.1) is 5.53 Å². The van der Waals surface area contributed by atoms with Crippen LogP contribution >= 0.6 is 0 Å². The highest BCUT2D eigenvalue weighted by Gasteiger charge is 2.30. The van der Waals surface area contributed by atoms with Gasteiger partial charge in [-0.1, -0.05) is 43.5 Å². The molecule has 1 aliphatic carbocycles. The third-order valence-electron chi connectivity index (χ3n) is 9.84. The molecule has 3 aliphatic rings. The number of anilines is 1. The lowest BCUT2D eigenvalue weighted by molar-refractivity contribution is -0.135. The van der Waals surface area contributed by atoms with Gasteiger partial charge in [-0.05, 0) is 97.4 Å². The van der Waals surface area contributed by atoms with E-state index in [1.807, 2.05) is 42.9 Å². The quantitative estimate of drug-likeness (QED) is 0.0954. The van der Waals surface area contributed by atoms with Gasteiger partial charge in [-0.25, -0.2) is 9.59 Å². The molecule has 15 heteroatoms. The number of hydrogen-bond donors (Lipinski definition) is 3. The Labute approximate surface area is 342 Å². The van der Waals surface area contributed by atoms with Gasteiger partial charge in [0, 0.05) is 44.0 Å². The number of carbonyl (C=O) groups is 4. The highest BCUT2D eigenvalue weighted by molar-refractivity contribution is 5.98. The fourth-order valence-corrected chi connectivity index (χ4v) is 7.01. The van der Waals surface area contributed by atoms with Gasteiger partial charge in [0.25, 0.3) is 5.91 Å². The molecule has 0 spiro atoms. The second-order valence-corrected chi connectivity index (χ2v) is 16.8. The molecule has 0 bridgehead atoms. The van der Waals surface area contributed by atoms with Crippen molar-refractivity contribution in [2.24, 2.45) is 0 Å². The van der Waals surface area contributed by atoms with Crippen molar-refractivity contribution in [3.05, 3.63) is 59.3 Å². The molecule has 5 rings (SSSR count). The van der Waals surface area contributed by atoms with E-state index >= 15 is 0 Å². The third kappa shape index (κ3) is 13.3. The van der Waals surface area contributed by atoms with Gasteiger partial charge in [-0.2, -0.15) is 0 Å². The first-order valence-electron chi connectivity index (χ1n) is 20.5. The van der Waals surface area contributed by atoms with Crippen LogP contribution in [0.3, 0.4) is 0 Å². The molecule has 0 radical (unpaired) electrons. The summed E-state index contributed by atoms with van der Waals surface area (Å²) in [5, 5.41) is 4.73. The van der Waals surface area contributed by atoms with E-state index in [2.05, 4.69) is 41.4 Å². The minimum absolute atomic E-state index is 0.00375. The Bertz CT molecular complexity index is 1780. The lowest BCUT2D eigenvalue weighted by atomic mass is 9.94. The largest absolute Gasteiger partial charge is 0.514 e. The summed E-state index contributed by atoms with van der Waals surface area (Å²) in [5.41, 5.74) is 8.95. The Hall–Kier alpha value is -5.02. The molecule has 2 aliphatic heterocycles. The summed E-state index contributed by atoms with van der Waals surface area (Å²) in [5.74, 6) is 0.0409. The fraction of sp³-hybridized carbons (Fsp3) is 0.581. The van der Waals surface area contributed by atoms with Crippen molar-refractivity contribution in [1.29, 1.82) is 0 Å². The number of nitrogens with zero attached hydrogens (tertiary/aromatic N) is 3. The first kappa shape index (κ1) is 44.1. The van der Waals surface area contributed by atoms with Crippen LogP contribution in [0.25, 0.3) is 5.70 Å². The first-order chi connectivity index (χ1) is 27.6. The van der Waals surface area contributed by atoms with Crippen LogP contribution in [0.1, 0.15) is 104 Å². The number of amides is 3. The fourth-order valence-electron chi connectivity index (χ4n) is 7.01. The maximum atomic E-state index is 13.9. The monoisotopic (exact) mass is 806 g/mol. The maximum absolute atomic E-state index is 13.9. The summed E-state index contributed by atoms with van der Waals surface area (Å²) in [6.45, 7) is 14.9. The number of hydrazine groups is 2. The summed E-state index contributed by atoms with van der Waals surface area (Å²) in [4.78, 5) is 55.9. The normalized spacial score (nSPS) is 15.7. The average molecular weight is 807 g/mol. The van der Waals surface area contributed by atoms with Gasteiger partial charge in [0.1, 0.15) is 16.9 Å². The standard InChI is InChI=1S/C43H62N6O9/c1-8-48-28-34(45-46-48)32-14-12-13-30(27-32)20-25-54-26-21-37(51)49(33-15-10-9-11-16-33)24-23-47(40(52)57-42(2,3)4)22-19-31-17-18-35(56-41(53)58-43(5,6)7)38-39(31)55-29-36(50)44-38/h12-14,17-18,27-28,33,45-46H,8-11,15-16,19-26,29H2,1-7H3,(H,44,50). The number of benzene rings is 2. The molecule has 58 heavy (non-hydrogen) atoms. The summed E-state index contributed by atoms with van der Waals surface area (Å²) in [7, 11) is 0. The van der Waals surface area contributed by atoms with Crippen molar-refractivity contribution in [1.82, 2.24) is 25.8 Å². The van der Waals surface area contributed by atoms with E-state index in [0.717, 1.165) is 61.9 Å². The second kappa shape index (κ2) is 20.1. The molecule has 2 aromatic carbocycles. The Balaban J connectivity index is 1.22. The highest BCUT2D eigenvalue weighted by atomic mass is 16.7. The van der Waals surface area contributed by atoms with Crippen molar-refractivity contribution in [2.75, 3.05) is 51.3 Å². The number of carbonyl (C=O) groups excluding carboxylic acids is 4. The lowest BCUT2D eigenvalue weighted by Crippen LogP contribution is -2.48. The van der Waals surface area contributed by atoms with Gasteiger partial charge in [-0.3, -0.25) is 14.6 Å². The third-order valence-corrected chi connectivity index (χ3v) is 9.84. The molecule has 1 saturated carbocycles. The maximum Gasteiger partial charge on any atom is 0.514 e. The van der Waals surface area contributed by atoms with Crippen LogP contribution < -0.4 is 25.8 Å². The van der Waals surface area contributed by atoms with E-state index in [-0.39, 0.29) is 49.5 Å². The number of hydrogen-bond acceptors (Lipinski definition) is 12. The summed E-state index contributed by atoms with van der Waals surface area (Å²) >= 11 is 0. The lowest BCUT2D eigenvalue weighted by Gasteiger charge is -2.36. The molecule has 2 heterocycles. The van der Waals surface area contributed by atoms with Crippen LogP contribution in [-0.4, -0.2) is 102 Å². The minimum atomic E-state index is -0.916. The molecule has 3 N–H and O–H groups in total. The zero-order valence-electron chi connectivity index (χ0n) is 35.2. The van der Waals surface area contributed by atoms with Crippen LogP contribution in [0.2, 0.25) is 0 Å². The SMILES string of the molecule is CCN1C=C(c2cccc(CCOCCC(=O)N(CCN(CCc3ccc(OC(=O)OC(C)(C)C)c4c3OCC(=O)N4)C(=O)OC(C)(C)C)C3CCCCC3)c2)NN1. The molecule has 15 nitrogen and oxygen atoms in total. The van der Waals surface area contributed by atoms with E-state index in [9.17, 15) is 19.2 Å². The summed E-state index contributed by atoms with van der Waals surface area (Å²) < 4.78 is 28.4. The van der Waals surface area contributed by atoms with E-state index in [4.69, 9.17) is 23.7 Å². The highest BCUT2D eigenvalue weighted by Crippen LogP contribution is 2.40. The zero-order chi connectivity index (χ0) is 41.9. The smallest absolute Gasteiger partial charge is 0.481 e. The van der Waals surface area contributed by atoms with Gasteiger partial charge >= 0.3 is 12.2 Å². The summed E-state index contributed by atoms with van der Waals surface area (Å²) in [6, 6.07) is 11.7. The topological polar surface area (TPSA) is 160 Å². The van der Waals surface area contributed by atoms with Crippen molar-refractivity contribution < 1.29 is 42.9 Å². The predicted octanol–water partition coefficient (Wildman–Crippen LogP) is 6.56. The molecule has 0 aromatic heterocycles. The van der Waals surface area contributed by atoms with Crippen LogP contribution in [0.15, 0.2) is 42.6 Å². The Morgan fingerprint density at radius 3 is 2.38 bits per heavy atom. The van der Waals surface area contributed by atoms with E-state index in [0.29, 0.717) is 37.5 Å². The molecule has 0 saturated heterocycles.